The van der Waals surface area contributed by atoms with E-state index in [-0.39, 0.29) is 17.4 Å². The van der Waals surface area contributed by atoms with Crippen molar-refractivity contribution >= 4 is 5.91 Å². The molecule has 2 aromatic rings. The molecule has 4 heterocycles. The maximum Gasteiger partial charge on any atom is 0.255 e. The lowest BCUT2D eigenvalue weighted by molar-refractivity contribution is 0.0114. The van der Waals surface area contributed by atoms with E-state index >= 15 is 0 Å². The molecule has 7 heteroatoms. The van der Waals surface area contributed by atoms with E-state index in [0.29, 0.717) is 23.3 Å². The van der Waals surface area contributed by atoms with Gasteiger partial charge in [-0.05, 0) is 37.9 Å². The second-order valence-corrected chi connectivity index (χ2v) is 8.68. The minimum Gasteiger partial charge on any atom is -0.424 e. The molecule has 0 aromatic carbocycles. The van der Waals surface area contributed by atoms with Crippen molar-refractivity contribution in [3.8, 4) is 0 Å². The molecular weight excluding hydrogens is 342 g/mol. The monoisotopic (exact) mass is 369 g/mol. The first-order chi connectivity index (χ1) is 12.8. The van der Waals surface area contributed by atoms with Gasteiger partial charge >= 0.3 is 0 Å². The van der Waals surface area contributed by atoms with E-state index in [0.717, 1.165) is 38.0 Å². The van der Waals surface area contributed by atoms with Gasteiger partial charge in [-0.3, -0.25) is 14.7 Å². The van der Waals surface area contributed by atoms with Gasteiger partial charge in [0.2, 0.25) is 11.8 Å². The van der Waals surface area contributed by atoms with Crippen molar-refractivity contribution in [2.45, 2.75) is 39.7 Å². The van der Waals surface area contributed by atoms with Crippen molar-refractivity contribution < 1.29 is 9.21 Å². The molecule has 2 aliphatic heterocycles. The summed E-state index contributed by atoms with van der Waals surface area (Å²) in [6.07, 6.45) is 5.17. The second-order valence-electron chi connectivity index (χ2n) is 8.68. The maximum atomic E-state index is 12.7. The Balaban J connectivity index is 1.41. The SMILES string of the molecule is Cc1cncc(C(=O)N2CC3(CC(c4nnc(CC(C)C)o4)N(C)C3)C2)c1. The van der Waals surface area contributed by atoms with Gasteiger partial charge in [-0.25, -0.2) is 0 Å². The number of likely N-dealkylation sites (tertiary alicyclic amines) is 2. The highest BCUT2D eigenvalue weighted by atomic mass is 16.4. The molecule has 0 aliphatic carbocycles. The normalized spacial score (nSPS) is 21.8. The van der Waals surface area contributed by atoms with Crippen molar-refractivity contribution in [2.75, 3.05) is 26.7 Å². The first kappa shape index (κ1) is 18.1. The highest BCUT2D eigenvalue weighted by molar-refractivity contribution is 5.94. The van der Waals surface area contributed by atoms with Gasteiger partial charge in [0.05, 0.1) is 11.6 Å². The molecule has 1 amide bonds. The van der Waals surface area contributed by atoms with Crippen LogP contribution in [-0.4, -0.2) is 57.6 Å². The first-order valence-electron chi connectivity index (χ1n) is 9.59. The van der Waals surface area contributed by atoms with Crippen LogP contribution in [0.1, 0.15) is 54.0 Å². The van der Waals surface area contributed by atoms with Crippen LogP contribution < -0.4 is 0 Å². The number of carbonyl (C=O) groups is 1. The summed E-state index contributed by atoms with van der Waals surface area (Å²) in [7, 11) is 2.10. The van der Waals surface area contributed by atoms with Crippen LogP contribution in [-0.2, 0) is 6.42 Å². The van der Waals surface area contributed by atoms with Crippen LogP contribution in [0.15, 0.2) is 22.9 Å². The van der Waals surface area contributed by atoms with Gasteiger partial charge in [0.1, 0.15) is 0 Å². The summed E-state index contributed by atoms with van der Waals surface area (Å²) in [5, 5.41) is 8.49. The molecule has 7 nitrogen and oxygen atoms in total. The number of aryl methyl sites for hydroxylation is 1. The zero-order valence-electron chi connectivity index (χ0n) is 16.5. The summed E-state index contributed by atoms with van der Waals surface area (Å²) in [5.41, 5.74) is 1.80. The lowest BCUT2D eigenvalue weighted by Gasteiger charge is -2.48. The van der Waals surface area contributed by atoms with Crippen LogP contribution >= 0.6 is 0 Å². The van der Waals surface area contributed by atoms with Crippen LogP contribution in [0.3, 0.4) is 0 Å². The van der Waals surface area contributed by atoms with E-state index in [1.807, 2.05) is 17.9 Å². The van der Waals surface area contributed by atoms with Gasteiger partial charge in [0, 0.05) is 43.9 Å². The fourth-order valence-electron chi connectivity index (χ4n) is 4.37. The Morgan fingerprint density at radius 1 is 1.30 bits per heavy atom. The molecule has 2 saturated heterocycles. The topological polar surface area (TPSA) is 75.4 Å². The van der Waals surface area contributed by atoms with E-state index in [1.54, 1.807) is 12.4 Å². The molecule has 2 aromatic heterocycles. The van der Waals surface area contributed by atoms with Crippen molar-refractivity contribution in [1.82, 2.24) is 25.0 Å². The van der Waals surface area contributed by atoms with E-state index in [4.69, 9.17) is 4.42 Å². The number of pyridine rings is 1. The largest absolute Gasteiger partial charge is 0.424 e. The molecule has 1 atom stereocenters. The Kier molecular flexibility index (Phi) is 4.50. The fraction of sp³-hybridized carbons (Fsp3) is 0.600. The van der Waals surface area contributed by atoms with Crippen molar-refractivity contribution in [1.29, 1.82) is 0 Å². The van der Waals surface area contributed by atoms with Crippen LogP contribution in [0.4, 0.5) is 0 Å². The Labute approximate surface area is 159 Å². The Hall–Kier alpha value is -2.28. The van der Waals surface area contributed by atoms with Crippen molar-refractivity contribution in [3.05, 3.63) is 41.4 Å². The van der Waals surface area contributed by atoms with E-state index in [2.05, 4.69) is 41.0 Å². The highest BCUT2D eigenvalue weighted by Crippen LogP contribution is 2.47. The summed E-state index contributed by atoms with van der Waals surface area (Å²) in [5.74, 6) is 1.98. The molecule has 2 fully saturated rings. The van der Waals surface area contributed by atoms with Crippen LogP contribution in [0.5, 0.6) is 0 Å². The van der Waals surface area contributed by atoms with Gasteiger partial charge in [-0.2, -0.15) is 0 Å². The summed E-state index contributed by atoms with van der Waals surface area (Å²) in [6, 6.07) is 2.04. The van der Waals surface area contributed by atoms with Gasteiger partial charge in [0.15, 0.2) is 0 Å². The molecule has 1 unspecified atom stereocenters. The minimum atomic E-state index is 0.0694. The minimum absolute atomic E-state index is 0.0694. The van der Waals surface area contributed by atoms with Gasteiger partial charge < -0.3 is 9.32 Å². The summed E-state index contributed by atoms with van der Waals surface area (Å²) < 4.78 is 5.91. The second kappa shape index (κ2) is 6.71. The number of carbonyl (C=O) groups excluding carboxylic acids is 1. The lowest BCUT2D eigenvalue weighted by Crippen LogP contribution is -2.59. The Bertz CT molecular complexity index is 840. The van der Waals surface area contributed by atoms with Gasteiger partial charge in [-0.1, -0.05) is 13.8 Å². The number of aromatic nitrogens is 3. The molecular formula is C20H27N5O2. The zero-order valence-corrected chi connectivity index (χ0v) is 16.5. The molecule has 0 bridgehead atoms. The van der Waals surface area contributed by atoms with E-state index in [1.165, 1.54) is 0 Å². The smallest absolute Gasteiger partial charge is 0.255 e. The van der Waals surface area contributed by atoms with Crippen LogP contribution in [0.25, 0.3) is 0 Å². The molecule has 27 heavy (non-hydrogen) atoms. The Morgan fingerprint density at radius 3 is 2.78 bits per heavy atom. The summed E-state index contributed by atoms with van der Waals surface area (Å²) in [6.45, 7) is 8.72. The van der Waals surface area contributed by atoms with E-state index < -0.39 is 0 Å². The van der Waals surface area contributed by atoms with Crippen LogP contribution in [0, 0.1) is 18.3 Å². The fourth-order valence-corrected chi connectivity index (χ4v) is 4.37. The van der Waals surface area contributed by atoms with Gasteiger partial charge in [-0.15, -0.1) is 10.2 Å². The zero-order chi connectivity index (χ0) is 19.2. The number of nitrogens with zero attached hydrogens (tertiary/aromatic N) is 5. The average molecular weight is 369 g/mol. The number of rotatable bonds is 4. The molecule has 1 spiro atoms. The molecule has 144 valence electrons. The molecule has 2 aliphatic rings. The molecule has 0 N–H and O–H groups in total. The third-order valence-electron chi connectivity index (χ3n) is 5.56. The number of hydrogen-bond donors (Lipinski definition) is 0. The maximum absolute atomic E-state index is 12.7. The standard InChI is InChI=1S/C20H27N5O2/c1-13(2)5-17-22-23-18(27-17)16-7-20(10-24(16)4)11-25(12-20)19(26)15-6-14(3)8-21-9-15/h6,8-9,13,16H,5,7,10-12H2,1-4H3. The third kappa shape index (κ3) is 3.48. The van der Waals surface area contributed by atoms with E-state index in [9.17, 15) is 4.79 Å². The summed E-state index contributed by atoms with van der Waals surface area (Å²) in [4.78, 5) is 21.0. The highest BCUT2D eigenvalue weighted by Gasteiger charge is 2.53. The van der Waals surface area contributed by atoms with Crippen LogP contribution in [0.2, 0.25) is 0 Å². The predicted octanol–water partition coefficient (Wildman–Crippen LogP) is 2.49. The Morgan fingerprint density at radius 2 is 2.07 bits per heavy atom. The molecule has 0 radical (unpaired) electrons. The van der Waals surface area contributed by atoms with Crippen molar-refractivity contribution in [3.63, 3.8) is 0 Å². The number of hydrogen-bond acceptors (Lipinski definition) is 6. The van der Waals surface area contributed by atoms with Crippen molar-refractivity contribution in [2.24, 2.45) is 11.3 Å². The quantitative estimate of drug-likeness (QED) is 0.824. The predicted molar refractivity (Wildman–Crippen MR) is 100 cm³/mol. The lowest BCUT2D eigenvalue weighted by atomic mass is 9.77. The average Bonchev–Trinajstić information content (AvgIpc) is 3.16. The molecule has 4 rings (SSSR count). The number of amides is 1. The molecule has 0 saturated carbocycles. The first-order valence-corrected chi connectivity index (χ1v) is 9.59. The third-order valence-corrected chi connectivity index (χ3v) is 5.56. The summed E-state index contributed by atoms with van der Waals surface area (Å²) >= 11 is 0. The van der Waals surface area contributed by atoms with Gasteiger partial charge in [0.25, 0.3) is 5.91 Å².